The van der Waals surface area contributed by atoms with Crippen molar-refractivity contribution in [3.63, 3.8) is 0 Å². The minimum atomic E-state index is -3.15. The molecule has 0 amide bonds. The summed E-state index contributed by atoms with van der Waals surface area (Å²) in [6.45, 7) is 0.710. The molecule has 0 radical (unpaired) electrons. The van der Waals surface area contributed by atoms with Crippen molar-refractivity contribution in [1.29, 1.82) is 0 Å². The Kier molecular flexibility index (Phi) is 4.10. The smallest absolute Gasteiger partial charge is 0.349 e. The normalized spacial score (nSPS) is 11.4. The molecule has 3 nitrogen and oxygen atoms in total. The largest absolute Gasteiger partial charge is 0.477 e. The summed E-state index contributed by atoms with van der Waals surface area (Å²) in [5, 5.41) is 9.11. The number of carbonyl (C=O) groups is 1. The maximum absolute atomic E-state index is 13.4. The minimum absolute atomic E-state index is 0.0312. The minimum Gasteiger partial charge on any atom is -0.477 e. The summed E-state index contributed by atoms with van der Waals surface area (Å²) in [7, 11) is 0. The van der Waals surface area contributed by atoms with Crippen molar-refractivity contribution in [3.8, 4) is 11.5 Å². The number of hydrogen-bond acceptors (Lipinski definition) is 3. The molecule has 0 aliphatic carbocycles. The lowest BCUT2D eigenvalue weighted by molar-refractivity contribution is 0.0206. The average molecular weight is 363 g/mol. The highest BCUT2D eigenvalue weighted by molar-refractivity contribution is 9.10. The van der Waals surface area contributed by atoms with Gasteiger partial charge in [-0.25, -0.2) is 13.6 Å². The standard InChI is InChI=1S/C13H9BrF2O3S/c1-13(15,16)11-8(14)9(10(20-11)12(17)18)19-7-5-3-2-4-6-7/h2-6H,1H3,(H,17,18). The zero-order valence-corrected chi connectivity index (χ0v) is 12.6. The number of para-hydroxylation sites is 1. The summed E-state index contributed by atoms with van der Waals surface area (Å²) >= 11 is 3.50. The SMILES string of the molecule is CC(F)(F)c1sc(C(=O)O)c(Oc2ccccc2)c1Br. The number of aromatic carboxylic acids is 1. The molecule has 1 aromatic heterocycles. The fourth-order valence-electron chi connectivity index (χ4n) is 1.52. The molecule has 2 aromatic rings. The number of benzene rings is 1. The van der Waals surface area contributed by atoms with Crippen molar-refractivity contribution in [1.82, 2.24) is 0 Å². The van der Waals surface area contributed by atoms with Gasteiger partial charge in [0.05, 0.1) is 9.35 Å². The van der Waals surface area contributed by atoms with E-state index in [9.17, 15) is 13.6 Å². The summed E-state index contributed by atoms with van der Waals surface area (Å²) in [5.41, 5.74) is 0. The van der Waals surface area contributed by atoms with Gasteiger partial charge in [-0.05, 0) is 28.1 Å². The summed E-state index contributed by atoms with van der Waals surface area (Å²) in [5.74, 6) is -4.19. The Morgan fingerprint density at radius 3 is 2.45 bits per heavy atom. The lowest BCUT2D eigenvalue weighted by Crippen LogP contribution is -2.04. The Hall–Kier alpha value is -1.47. The Bertz CT molecular complexity index is 635. The van der Waals surface area contributed by atoms with Crippen LogP contribution >= 0.6 is 27.3 Å². The van der Waals surface area contributed by atoms with Crippen molar-refractivity contribution in [3.05, 3.63) is 44.6 Å². The van der Waals surface area contributed by atoms with Gasteiger partial charge in [0.2, 0.25) is 0 Å². The maximum atomic E-state index is 13.4. The van der Waals surface area contributed by atoms with E-state index < -0.39 is 11.9 Å². The third kappa shape index (κ3) is 2.99. The molecule has 0 fully saturated rings. The predicted octanol–water partition coefficient (Wildman–Crippen LogP) is 5.11. The molecule has 20 heavy (non-hydrogen) atoms. The summed E-state index contributed by atoms with van der Waals surface area (Å²) in [6.07, 6.45) is 0. The molecule has 1 N–H and O–H groups in total. The molecule has 106 valence electrons. The third-order valence-corrected chi connectivity index (χ3v) is 4.72. The number of rotatable bonds is 4. The second-order valence-corrected chi connectivity index (χ2v) is 5.83. The van der Waals surface area contributed by atoms with Gasteiger partial charge in [-0.2, -0.15) is 0 Å². The molecule has 0 atom stereocenters. The van der Waals surface area contributed by atoms with Gasteiger partial charge in [0.25, 0.3) is 5.92 Å². The molecule has 7 heteroatoms. The molecule has 0 aliphatic rings. The van der Waals surface area contributed by atoms with Crippen LogP contribution in [0.1, 0.15) is 21.5 Å². The van der Waals surface area contributed by atoms with Crippen LogP contribution in [0.4, 0.5) is 8.78 Å². The zero-order chi connectivity index (χ0) is 14.9. The quantitative estimate of drug-likeness (QED) is 0.821. The van der Waals surface area contributed by atoms with Gasteiger partial charge in [-0.1, -0.05) is 18.2 Å². The second-order valence-electron chi connectivity index (χ2n) is 4.01. The molecule has 0 saturated heterocycles. The average Bonchev–Trinajstić information content (AvgIpc) is 2.68. The van der Waals surface area contributed by atoms with Crippen molar-refractivity contribution < 1.29 is 23.4 Å². The van der Waals surface area contributed by atoms with E-state index in [4.69, 9.17) is 9.84 Å². The monoisotopic (exact) mass is 362 g/mol. The van der Waals surface area contributed by atoms with Crippen LogP contribution in [0.25, 0.3) is 0 Å². The van der Waals surface area contributed by atoms with Gasteiger partial charge in [0.15, 0.2) is 10.6 Å². The van der Waals surface area contributed by atoms with Gasteiger partial charge in [0.1, 0.15) is 5.75 Å². The van der Waals surface area contributed by atoms with Crippen LogP contribution in [0.5, 0.6) is 11.5 Å². The van der Waals surface area contributed by atoms with E-state index in [1.54, 1.807) is 30.3 Å². The third-order valence-electron chi connectivity index (χ3n) is 2.37. The number of alkyl halides is 2. The highest BCUT2D eigenvalue weighted by Gasteiger charge is 2.35. The van der Waals surface area contributed by atoms with Crippen LogP contribution < -0.4 is 4.74 Å². The van der Waals surface area contributed by atoms with E-state index in [-0.39, 0.29) is 20.0 Å². The summed E-state index contributed by atoms with van der Waals surface area (Å²) in [4.78, 5) is 10.5. The first-order chi connectivity index (χ1) is 9.30. The van der Waals surface area contributed by atoms with Gasteiger partial charge in [0, 0.05) is 6.92 Å². The van der Waals surface area contributed by atoms with Gasteiger partial charge >= 0.3 is 5.97 Å². The van der Waals surface area contributed by atoms with Crippen molar-refractivity contribution in [2.75, 3.05) is 0 Å². The van der Waals surface area contributed by atoms with Crippen LogP contribution in [0.3, 0.4) is 0 Å². The fourth-order valence-corrected chi connectivity index (χ4v) is 3.41. The van der Waals surface area contributed by atoms with E-state index >= 15 is 0 Å². The van der Waals surface area contributed by atoms with Crippen molar-refractivity contribution in [2.45, 2.75) is 12.8 Å². The highest BCUT2D eigenvalue weighted by atomic mass is 79.9. The van der Waals surface area contributed by atoms with Crippen molar-refractivity contribution in [2.24, 2.45) is 0 Å². The molecule has 2 rings (SSSR count). The molecule has 0 saturated carbocycles. The first-order valence-electron chi connectivity index (χ1n) is 5.47. The number of ether oxygens (including phenoxy) is 1. The van der Waals surface area contributed by atoms with Gasteiger partial charge in [-0.3, -0.25) is 0 Å². The second kappa shape index (κ2) is 5.49. The summed E-state index contributed by atoms with van der Waals surface area (Å²) < 4.78 is 32.3. The molecule has 0 spiro atoms. The number of carboxylic acids is 1. The summed E-state index contributed by atoms with van der Waals surface area (Å²) in [6, 6.07) is 8.38. The highest BCUT2D eigenvalue weighted by Crippen LogP contribution is 2.48. The van der Waals surface area contributed by atoms with Crippen LogP contribution in [0, 0.1) is 0 Å². The molecule has 1 heterocycles. The van der Waals surface area contributed by atoms with Crippen LogP contribution in [0.2, 0.25) is 0 Å². The van der Waals surface area contributed by atoms with Gasteiger partial charge < -0.3 is 9.84 Å². The first kappa shape index (κ1) is 14.9. The molecule has 0 unspecified atom stereocenters. The maximum Gasteiger partial charge on any atom is 0.349 e. The van der Waals surface area contributed by atoms with Crippen LogP contribution in [-0.2, 0) is 5.92 Å². The lowest BCUT2D eigenvalue weighted by atomic mass is 10.3. The topological polar surface area (TPSA) is 46.5 Å². The van der Waals surface area contributed by atoms with E-state index in [0.717, 1.165) is 0 Å². The number of hydrogen-bond donors (Lipinski definition) is 1. The van der Waals surface area contributed by atoms with Crippen LogP contribution in [-0.4, -0.2) is 11.1 Å². The Balaban J connectivity index is 2.51. The van der Waals surface area contributed by atoms with Crippen LogP contribution in [0.15, 0.2) is 34.8 Å². The molecular weight excluding hydrogens is 354 g/mol. The Labute approximate surface area is 125 Å². The number of thiophene rings is 1. The predicted molar refractivity (Wildman–Crippen MR) is 75.1 cm³/mol. The number of halogens is 3. The first-order valence-corrected chi connectivity index (χ1v) is 7.08. The van der Waals surface area contributed by atoms with E-state index in [1.807, 2.05) is 0 Å². The fraction of sp³-hybridized carbons (Fsp3) is 0.154. The zero-order valence-electron chi connectivity index (χ0n) is 10.2. The Morgan fingerprint density at radius 1 is 1.35 bits per heavy atom. The number of carboxylic acid groups (broad SMARTS) is 1. The molecular formula is C13H9BrF2O3S. The van der Waals surface area contributed by atoms with E-state index in [0.29, 0.717) is 24.0 Å². The lowest BCUT2D eigenvalue weighted by Gasteiger charge is -2.09. The van der Waals surface area contributed by atoms with E-state index in [1.165, 1.54) is 0 Å². The molecule has 0 aliphatic heterocycles. The Morgan fingerprint density at radius 2 is 1.95 bits per heavy atom. The molecule has 1 aromatic carbocycles. The van der Waals surface area contributed by atoms with Crippen molar-refractivity contribution >= 4 is 33.2 Å². The van der Waals surface area contributed by atoms with Gasteiger partial charge in [-0.15, -0.1) is 11.3 Å². The van der Waals surface area contributed by atoms with E-state index in [2.05, 4.69) is 15.9 Å². The molecule has 0 bridgehead atoms.